The van der Waals surface area contributed by atoms with E-state index in [1.807, 2.05) is 60.7 Å². The Labute approximate surface area is 206 Å². The fourth-order valence-electron chi connectivity index (χ4n) is 3.66. The van der Waals surface area contributed by atoms with Crippen molar-refractivity contribution >= 4 is 23.4 Å². The lowest BCUT2D eigenvalue weighted by atomic mass is 10.00. The highest BCUT2D eigenvalue weighted by Crippen LogP contribution is 2.07. The van der Waals surface area contributed by atoms with Crippen LogP contribution in [0.1, 0.15) is 30.9 Å². The quantitative estimate of drug-likeness (QED) is 0.124. The second-order valence-electron chi connectivity index (χ2n) is 8.54. The molecule has 188 valence electrons. The number of rotatable bonds is 15. The van der Waals surface area contributed by atoms with Gasteiger partial charge in [0.1, 0.15) is 5.78 Å². The van der Waals surface area contributed by atoms with Gasteiger partial charge >= 0.3 is 0 Å². The summed E-state index contributed by atoms with van der Waals surface area (Å²) in [6.45, 7) is 1.85. The van der Waals surface area contributed by atoms with Crippen molar-refractivity contribution < 1.29 is 14.4 Å². The number of amides is 1. The van der Waals surface area contributed by atoms with Crippen molar-refractivity contribution in [2.75, 3.05) is 13.1 Å². The van der Waals surface area contributed by atoms with E-state index in [0.29, 0.717) is 32.2 Å². The summed E-state index contributed by atoms with van der Waals surface area (Å²) in [6.07, 6.45) is 1.76. The number of Topliss-reactive ketones (excluding diaryl/α,β-unsaturated/α-hetero) is 2. The van der Waals surface area contributed by atoms with E-state index < -0.39 is 24.0 Å². The van der Waals surface area contributed by atoms with Gasteiger partial charge in [-0.15, -0.1) is 0 Å². The van der Waals surface area contributed by atoms with Crippen LogP contribution >= 0.6 is 0 Å². The minimum absolute atomic E-state index is 0.0733. The van der Waals surface area contributed by atoms with Crippen LogP contribution in [0, 0.1) is 5.41 Å². The highest BCUT2D eigenvalue weighted by Gasteiger charge is 2.25. The van der Waals surface area contributed by atoms with Crippen LogP contribution in [0.4, 0.5) is 0 Å². The first-order valence-corrected chi connectivity index (χ1v) is 11.7. The molecule has 0 saturated carbocycles. The van der Waals surface area contributed by atoms with E-state index in [1.165, 1.54) is 6.92 Å². The van der Waals surface area contributed by atoms with Gasteiger partial charge in [-0.2, -0.15) is 0 Å². The fraction of sp³-hybridized carbons (Fsp3) is 0.385. The first kappa shape index (κ1) is 27.7. The zero-order valence-electron chi connectivity index (χ0n) is 20.1. The Kier molecular flexibility index (Phi) is 11.6. The Hall–Kier alpha value is -3.56. The number of nitrogens with two attached hydrogens (primary N) is 2. The Morgan fingerprint density at radius 2 is 1.49 bits per heavy atom. The van der Waals surface area contributed by atoms with Gasteiger partial charge in [0.25, 0.3) is 0 Å². The maximum absolute atomic E-state index is 13.1. The molecule has 0 aliphatic rings. The number of nitrogens with one attached hydrogen (secondary N) is 4. The summed E-state index contributed by atoms with van der Waals surface area (Å²) in [5.41, 5.74) is 13.2. The molecule has 0 aliphatic carbocycles. The van der Waals surface area contributed by atoms with E-state index in [-0.39, 0.29) is 24.1 Å². The second-order valence-corrected chi connectivity index (χ2v) is 8.54. The lowest BCUT2D eigenvalue weighted by Gasteiger charge is -2.22. The fourth-order valence-corrected chi connectivity index (χ4v) is 3.66. The minimum atomic E-state index is -0.796. The number of carbonyl (C=O) groups excluding carboxylic acids is 3. The molecule has 1 amide bonds. The highest BCUT2D eigenvalue weighted by molar-refractivity contribution is 5.92. The highest BCUT2D eigenvalue weighted by atomic mass is 16.2. The van der Waals surface area contributed by atoms with Crippen LogP contribution in [0.3, 0.4) is 0 Å². The van der Waals surface area contributed by atoms with Crippen LogP contribution in [-0.2, 0) is 27.2 Å². The van der Waals surface area contributed by atoms with E-state index in [0.717, 1.165) is 11.1 Å². The molecule has 0 bridgehead atoms. The van der Waals surface area contributed by atoms with Gasteiger partial charge in [-0.05, 0) is 43.7 Å². The van der Waals surface area contributed by atoms with Gasteiger partial charge in [0.15, 0.2) is 11.7 Å². The van der Waals surface area contributed by atoms with Gasteiger partial charge in [0.2, 0.25) is 5.91 Å². The smallest absolute Gasteiger partial charge is 0.237 e. The van der Waals surface area contributed by atoms with Gasteiger partial charge < -0.3 is 27.4 Å². The summed E-state index contributed by atoms with van der Waals surface area (Å²) in [4.78, 5) is 38.0. The minimum Gasteiger partial charge on any atom is -0.370 e. The first-order valence-electron chi connectivity index (χ1n) is 11.7. The molecule has 0 fully saturated rings. The topological polar surface area (TPSA) is 163 Å². The molecule has 0 heterocycles. The number of guanidine groups is 1. The molecule has 35 heavy (non-hydrogen) atoms. The van der Waals surface area contributed by atoms with Gasteiger partial charge in [-0.25, -0.2) is 0 Å². The molecule has 3 atom stereocenters. The predicted octanol–water partition coefficient (Wildman–Crippen LogP) is 0.663. The largest absolute Gasteiger partial charge is 0.370 e. The molecule has 2 aromatic carbocycles. The lowest BCUT2D eigenvalue weighted by molar-refractivity contribution is -0.128. The van der Waals surface area contributed by atoms with Crippen LogP contribution in [0.2, 0.25) is 0 Å². The molecule has 9 heteroatoms. The Balaban J connectivity index is 2.00. The van der Waals surface area contributed by atoms with Crippen molar-refractivity contribution in [1.82, 2.24) is 16.0 Å². The van der Waals surface area contributed by atoms with Gasteiger partial charge in [0, 0.05) is 6.54 Å². The van der Waals surface area contributed by atoms with E-state index in [2.05, 4.69) is 16.0 Å². The summed E-state index contributed by atoms with van der Waals surface area (Å²) in [7, 11) is 0. The monoisotopic (exact) mass is 480 g/mol. The zero-order chi connectivity index (χ0) is 25.6. The Morgan fingerprint density at radius 3 is 2.03 bits per heavy atom. The Bertz CT molecular complexity index is 968. The second kappa shape index (κ2) is 14.6. The number of benzene rings is 2. The molecule has 9 nitrogen and oxygen atoms in total. The third kappa shape index (κ3) is 10.5. The normalized spacial score (nSPS) is 13.3. The van der Waals surface area contributed by atoms with Crippen molar-refractivity contribution in [3.63, 3.8) is 0 Å². The SMILES string of the molecule is CC(=O)C(CCCNC(=N)N)NCC(=O)C(Cc1ccccc1)NC(=O)C(N)Cc1ccccc1. The van der Waals surface area contributed by atoms with Crippen LogP contribution in [0.5, 0.6) is 0 Å². The summed E-state index contributed by atoms with van der Waals surface area (Å²) in [5.74, 6) is -0.851. The molecule has 3 unspecified atom stereocenters. The molecule has 0 aromatic heterocycles. The summed E-state index contributed by atoms with van der Waals surface area (Å²) < 4.78 is 0. The van der Waals surface area contributed by atoms with Crippen LogP contribution in [0.25, 0.3) is 0 Å². The third-order valence-electron chi connectivity index (χ3n) is 5.62. The molecule has 0 aliphatic heterocycles. The van der Waals surface area contributed by atoms with Gasteiger partial charge in [-0.3, -0.25) is 19.8 Å². The maximum Gasteiger partial charge on any atom is 0.237 e. The molecule has 0 radical (unpaired) electrons. The number of hydrogen-bond donors (Lipinski definition) is 6. The molecular formula is C26H36N6O3. The summed E-state index contributed by atoms with van der Waals surface area (Å²) in [6, 6.07) is 16.8. The van der Waals surface area contributed by atoms with Crippen LogP contribution in [-0.4, -0.2) is 54.6 Å². The molecule has 0 spiro atoms. The third-order valence-corrected chi connectivity index (χ3v) is 5.62. The van der Waals surface area contributed by atoms with Gasteiger partial charge in [0.05, 0.1) is 24.7 Å². The summed E-state index contributed by atoms with van der Waals surface area (Å²) in [5, 5.41) is 15.7. The lowest BCUT2D eigenvalue weighted by Crippen LogP contribution is -2.52. The van der Waals surface area contributed by atoms with E-state index >= 15 is 0 Å². The Morgan fingerprint density at radius 1 is 0.914 bits per heavy atom. The number of hydrogen-bond acceptors (Lipinski definition) is 6. The van der Waals surface area contributed by atoms with Crippen LogP contribution in [0.15, 0.2) is 60.7 Å². The zero-order valence-corrected chi connectivity index (χ0v) is 20.1. The van der Waals surface area contributed by atoms with E-state index in [9.17, 15) is 14.4 Å². The molecule has 2 aromatic rings. The molecule has 8 N–H and O–H groups in total. The standard InChI is InChI=1S/C26H36N6O3/c1-18(33)22(13-8-14-30-26(28)29)31-17-24(34)23(16-20-11-6-3-7-12-20)32-25(35)21(27)15-19-9-4-2-5-10-19/h2-7,9-12,21-23,31H,8,13-17,27H2,1H3,(H,32,35)(H4,28,29,30). The van der Waals surface area contributed by atoms with Crippen molar-refractivity contribution in [1.29, 1.82) is 5.41 Å². The van der Waals surface area contributed by atoms with E-state index in [1.54, 1.807) is 0 Å². The number of carbonyl (C=O) groups is 3. The average Bonchev–Trinajstić information content (AvgIpc) is 2.83. The van der Waals surface area contributed by atoms with Crippen molar-refractivity contribution in [2.24, 2.45) is 11.5 Å². The number of ketones is 2. The van der Waals surface area contributed by atoms with Gasteiger partial charge in [-0.1, -0.05) is 60.7 Å². The molecule has 2 rings (SSSR count). The van der Waals surface area contributed by atoms with Crippen molar-refractivity contribution in [2.45, 2.75) is 50.7 Å². The van der Waals surface area contributed by atoms with Crippen LogP contribution < -0.4 is 27.4 Å². The van der Waals surface area contributed by atoms with Crippen molar-refractivity contribution in [3.8, 4) is 0 Å². The maximum atomic E-state index is 13.1. The molecular weight excluding hydrogens is 444 g/mol. The average molecular weight is 481 g/mol. The van der Waals surface area contributed by atoms with Crippen molar-refractivity contribution in [3.05, 3.63) is 71.8 Å². The molecule has 0 saturated heterocycles. The van der Waals surface area contributed by atoms with E-state index in [4.69, 9.17) is 16.9 Å². The first-order chi connectivity index (χ1) is 16.8. The summed E-state index contributed by atoms with van der Waals surface area (Å²) >= 11 is 0. The predicted molar refractivity (Wildman–Crippen MR) is 137 cm³/mol.